The zero-order valence-electron chi connectivity index (χ0n) is 54.4. The van der Waals surface area contributed by atoms with Gasteiger partial charge < -0.3 is 19.6 Å². The number of rotatable bonds is 61. The van der Waals surface area contributed by atoms with Gasteiger partial charge in [-0.2, -0.15) is 23.5 Å². The van der Waals surface area contributed by atoms with Gasteiger partial charge in [0, 0.05) is 57.3 Å². The predicted octanol–water partition coefficient (Wildman–Crippen LogP) is 22.0. The molecule has 0 radical (unpaired) electrons. The predicted molar refractivity (Wildman–Crippen MR) is 354 cm³/mol. The van der Waals surface area contributed by atoms with E-state index in [1.54, 1.807) is 14.0 Å². The molecule has 1 aliphatic rings. The van der Waals surface area contributed by atoms with Crippen LogP contribution < -0.4 is 5.32 Å². The highest BCUT2D eigenvalue weighted by Gasteiger charge is 2.37. The van der Waals surface area contributed by atoms with E-state index in [-0.39, 0.29) is 11.9 Å². The van der Waals surface area contributed by atoms with Crippen LogP contribution in [0, 0.1) is 23.7 Å². The summed E-state index contributed by atoms with van der Waals surface area (Å²) in [5.74, 6) is 9.20. The maximum atomic E-state index is 12.0. The number of ether oxygens (including phenoxy) is 2. The maximum absolute atomic E-state index is 12.0. The average Bonchev–Trinajstić information content (AvgIpc) is 3.45. The Morgan fingerprint density at radius 3 is 1.27 bits per heavy atom. The molecule has 0 saturated heterocycles. The van der Waals surface area contributed by atoms with Gasteiger partial charge in [0.15, 0.2) is 0 Å². The number of ketones is 2. The number of carbonyl (C=O) groups is 4. The number of Topliss-reactive ketones (excluding diaryl/α,β-unsaturated/α-hetero) is 2. The number of nitrogens with one attached hydrogen (secondary N) is 1. The van der Waals surface area contributed by atoms with Gasteiger partial charge in [-0.1, -0.05) is 246 Å². The van der Waals surface area contributed by atoms with Gasteiger partial charge in [0.25, 0.3) is 0 Å². The summed E-state index contributed by atoms with van der Waals surface area (Å²) >= 11 is 3.83. The number of thioether (sulfide) groups is 2. The lowest BCUT2D eigenvalue weighted by atomic mass is 9.61. The third-order valence-electron chi connectivity index (χ3n) is 17.3. The van der Waals surface area contributed by atoms with Crippen LogP contribution >= 0.6 is 23.5 Å². The van der Waals surface area contributed by atoms with Crippen molar-refractivity contribution in [2.75, 3.05) is 49.9 Å². The Balaban J connectivity index is 0.00000161. The minimum atomic E-state index is -0.00254. The van der Waals surface area contributed by atoms with Crippen molar-refractivity contribution in [2.45, 2.75) is 356 Å². The van der Waals surface area contributed by atoms with Gasteiger partial charge in [-0.25, -0.2) is 0 Å². The molecule has 1 N–H and O–H groups in total. The lowest BCUT2D eigenvalue weighted by Gasteiger charge is -2.44. The topological polar surface area (TPSA) is 98.8 Å². The molecule has 0 aromatic rings. The zero-order chi connectivity index (χ0) is 58.5. The van der Waals surface area contributed by atoms with Gasteiger partial charge >= 0.3 is 5.97 Å². The molecule has 1 fully saturated rings. The monoisotopic (exact) mass is 1160 g/mol. The summed E-state index contributed by atoms with van der Waals surface area (Å²) in [5.41, 5.74) is 0. The highest BCUT2D eigenvalue weighted by atomic mass is 32.2. The van der Waals surface area contributed by atoms with Crippen molar-refractivity contribution in [3.05, 3.63) is 0 Å². The van der Waals surface area contributed by atoms with E-state index < -0.39 is 0 Å². The molecule has 0 aromatic heterocycles. The van der Waals surface area contributed by atoms with Crippen molar-refractivity contribution in [3.63, 3.8) is 0 Å². The van der Waals surface area contributed by atoms with Crippen LogP contribution in [0.4, 0.5) is 0 Å². The van der Waals surface area contributed by atoms with Crippen molar-refractivity contribution in [3.8, 4) is 0 Å². The molecule has 1 aliphatic carbocycles. The molecular weight excluding hydrogens is 1030 g/mol. The second kappa shape index (κ2) is 63.9. The van der Waals surface area contributed by atoms with Crippen LogP contribution in [0.5, 0.6) is 0 Å². The standard InChI is InChI=1S/C41H78O3S.C30H59NO3S/c1-5-8-10-15-23-29-39-37(27-20-9-6-2)32-33-38(28-22-17-12-11-16-21-26-36(4)42)40(39)30-24-18-13-14-19-25-31-41(43)44-34-35-45-7-3;1-3-4-5-6-7-10-13-17-22-29(32)23-18-16-20-25-31-30(33)24-19-14-11-8-9-12-15-21-27-35-28-26-34-2/h37-40H,5-35H2,1-4H3;3-28H2,1-2H3,(H,31,33). The Hall–Kier alpha value is -1.06. The molecule has 1 amide bonds. The van der Waals surface area contributed by atoms with E-state index in [0.717, 1.165) is 118 Å². The number of esters is 1. The average molecular weight is 1170 g/mol. The van der Waals surface area contributed by atoms with E-state index in [2.05, 4.69) is 33.0 Å². The fraction of sp³-hybridized carbons (Fsp3) is 0.944. The summed E-state index contributed by atoms with van der Waals surface area (Å²) in [7, 11) is 1.76. The molecule has 0 aromatic carbocycles. The smallest absolute Gasteiger partial charge is 0.305 e. The van der Waals surface area contributed by atoms with Crippen LogP contribution in [0.3, 0.4) is 0 Å². The van der Waals surface area contributed by atoms with Crippen LogP contribution in [0.25, 0.3) is 0 Å². The molecule has 1 saturated carbocycles. The summed E-state index contributed by atoms with van der Waals surface area (Å²) < 4.78 is 10.4. The fourth-order valence-corrected chi connectivity index (χ4v) is 13.8. The second-order valence-corrected chi connectivity index (χ2v) is 27.3. The second-order valence-electron chi connectivity index (χ2n) is 24.7. The lowest BCUT2D eigenvalue weighted by Crippen LogP contribution is -2.35. The van der Waals surface area contributed by atoms with Crippen LogP contribution in [-0.4, -0.2) is 73.3 Å². The third-order valence-corrected chi connectivity index (χ3v) is 19.2. The Labute approximate surface area is 507 Å². The van der Waals surface area contributed by atoms with Crippen LogP contribution in [0.15, 0.2) is 0 Å². The molecule has 1 rings (SSSR count). The van der Waals surface area contributed by atoms with E-state index in [1.165, 1.54) is 250 Å². The number of carbonyl (C=O) groups excluding carboxylic acids is 4. The quantitative estimate of drug-likeness (QED) is 0.0475. The van der Waals surface area contributed by atoms with Crippen molar-refractivity contribution >= 4 is 47.0 Å². The van der Waals surface area contributed by atoms with E-state index in [0.29, 0.717) is 31.0 Å². The molecule has 0 spiro atoms. The number of methoxy groups -OCH3 is 1. The van der Waals surface area contributed by atoms with Gasteiger partial charge in [0.2, 0.25) is 5.91 Å². The Morgan fingerprint density at radius 2 is 0.787 bits per heavy atom. The van der Waals surface area contributed by atoms with Gasteiger partial charge in [0.1, 0.15) is 18.2 Å². The van der Waals surface area contributed by atoms with Gasteiger partial charge in [-0.3, -0.25) is 14.4 Å². The highest BCUT2D eigenvalue weighted by molar-refractivity contribution is 7.99. The van der Waals surface area contributed by atoms with E-state index in [4.69, 9.17) is 9.47 Å². The first kappa shape index (κ1) is 78.9. The first-order valence-electron chi connectivity index (χ1n) is 35.3. The van der Waals surface area contributed by atoms with Crippen LogP contribution in [0.1, 0.15) is 356 Å². The van der Waals surface area contributed by atoms with E-state index in [9.17, 15) is 19.2 Å². The summed E-state index contributed by atoms with van der Waals surface area (Å²) in [4.78, 5) is 47.1. The van der Waals surface area contributed by atoms with Crippen molar-refractivity contribution in [2.24, 2.45) is 23.7 Å². The minimum absolute atomic E-state index is 0.00254. The van der Waals surface area contributed by atoms with E-state index >= 15 is 0 Å². The van der Waals surface area contributed by atoms with Crippen molar-refractivity contribution in [1.29, 1.82) is 0 Å². The molecule has 4 atom stereocenters. The number of amides is 1. The molecule has 0 bridgehead atoms. The normalized spacial score (nSPS) is 16.1. The van der Waals surface area contributed by atoms with Crippen molar-refractivity contribution < 1.29 is 28.7 Å². The molecular formula is C71H137NO6S2. The molecule has 0 aliphatic heterocycles. The maximum Gasteiger partial charge on any atom is 0.305 e. The summed E-state index contributed by atoms with van der Waals surface area (Å²) in [6.45, 7) is 13.0. The Kier molecular flexibility index (Phi) is 63.1. The van der Waals surface area contributed by atoms with Gasteiger partial charge in [0.05, 0.1) is 6.61 Å². The fourth-order valence-electron chi connectivity index (χ4n) is 12.4. The highest BCUT2D eigenvalue weighted by Crippen LogP contribution is 2.48. The largest absolute Gasteiger partial charge is 0.465 e. The first-order valence-corrected chi connectivity index (χ1v) is 37.6. The molecule has 474 valence electrons. The van der Waals surface area contributed by atoms with Gasteiger partial charge in [-0.15, -0.1) is 0 Å². The number of unbranched alkanes of at least 4 members (excludes halogenated alkanes) is 32. The Morgan fingerprint density at radius 1 is 0.400 bits per heavy atom. The van der Waals surface area contributed by atoms with Crippen LogP contribution in [0.2, 0.25) is 0 Å². The van der Waals surface area contributed by atoms with Crippen molar-refractivity contribution in [1.82, 2.24) is 5.32 Å². The third kappa shape index (κ3) is 54.9. The van der Waals surface area contributed by atoms with Crippen LogP contribution in [-0.2, 0) is 28.7 Å². The summed E-state index contributed by atoms with van der Waals surface area (Å²) in [6, 6.07) is 0. The number of hydrogen-bond donors (Lipinski definition) is 1. The molecule has 4 unspecified atom stereocenters. The van der Waals surface area contributed by atoms with Gasteiger partial charge in [-0.05, 0) is 113 Å². The Bertz CT molecular complexity index is 1330. The number of hydrogen-bond acceptors (Lipinski definition) is 8. The molecule has 0 heterocycles. The molecule has 7 nitrogen and oxygen atoms in total. The first-order chi connectivity index (χ1) is 39.2. The lowest BCUT2D eigenvalue weighted by molar-refractivity contribution is -0.143. The minimum Gasteiger partial charge on any atom is -0.465 e. The summed E-state index contributed by atoms with van der Waals surface area (Å²) in [5, 5.41) is 3.05. The van der Waals surface area contributed by atoms with E-state index in [1.807, 2.05) is 23.5 Å². The molecule has 80 heavy (non-hydrogen) atoms. The molecule has 9 heteroatoms. The summed E-state index contributed by atoms with van der Waals surface area (Å²) in [6.07, 6.45) is 62.3. The zero-order valence-corrected chi connectivity index (χ0v) is 56.0. The SMILES string of the molecule is CCCCCCCC1C(CCCCC)CCC(CCCCCCCCC(C)=O)C1CCCCCCCCC(=O)OCCSCC.CCCCCCCCCCC(=O)CCCCCNC(=O)CCCCCCCCCCSCCOC.